The quantitative estimate of drug-likeness (QED) is 0.780. The van der Waals surface area contributed by atoms with Crippen LogP contribution in [0, 0.1) is 13.8 Å². The molecule has 1 rings (SSSR count). The third kappa shape index (κ3) is 3.06. The zero-order chi connectivity index (χ0) is 12.1. The van der Waals surface area contributed by atoms with Crippen molar-refractivity contribution in [2.45, 2.75) is 52.7 Å². The molecular weight excluding hydrogens is 204 g/mol. The number of hydrogen-bond donors (Lipinski definition) is 2. The zero-order valence-electron chi connectivity index (χ0n) is 10.6. The van der Waals surface area contributed by atoms with Gasteiger partial charge in [0.05, 0.1) is 11.8 Å². The number of aryl methyl sites for hydroxylation is 2. The summed E-state index contributed by atoms with van der Waals surface area (Å²) >= 11 is 0. The average Bonchev–Trinajstić information content (AvgIpc) is 2.61. The molecule has 0 bridgehead atoms. The van der Waals surface area contributed by atoms with Crippen molar-refractivity contribution < 1.29 is 9.63 Å². The SMILES string of the molecule is CC[C@@H](O)CN[C@@H](CC)c1c(C)noc1C. The van der Waals surface area contributed by atoms with E-state index in [-0.39, 0.29) is 12.1 Å². The number of rotatable bonds is 6. The van der Waals surface area contributed by atoms with Crippen LogP contribution in [0.5, 0.6) is 0 Å². The van der Waals surface area contributed by atoms with E-state index in [0.717, 1.165) is 29.9 Å². The largest absolute Gasteiger partial charge is 0.392 e. The van der Waals surface area contributed by atoms with Gasteiger partial charge in [0.1, 0.15) is 5.76 Å². The first kappa shape index (κ1) is 13.2. The van der Waals surface area contributed by atoms with Crippen LogP contribution in [0.25, 0.3) is 0 Å². The van der Waals surface area contributed by atoms with Gasteiger partial charge in [0.15, 0.2) is 0 Å². The minimum atomic E-state index is -0.283. The van der Waals surface area contributed by atoms with E-state index in [1.165, 1.54) is 0 Å². The second-order valence-corrected chi connectivity index (χ2v) is 4.17. The van der Waals surface area contributed by atoms with Crippen molar-refractivity contribution in [2.75, 3.05) is 6.54 Å². The Morgan fingerprint density at radius 2 is 2.00 bits per heavy atom. The molecule has 1 aromatic heterocycles. The Morgan fingerprint density at radius 1 is 1.31 bits per heavy atom. The highest BCUT2D eigenvalue weighted by atomic mass is 16.5. The highest BCUT2D eigenvalue weighted by Gasteiger charge is 2.18. The molecular formula is C12H22N2O2. The molecule has 1 aromatic rings. The fraction of sp³-hybridized carbons (Fsp3) is 0.750. The van der Waals surface area contributed by atoms with Crippen LogP contribution >= 0.6 is 0 Å². The summed E-state index contributed by atoms with van der Waals surface area (Å²) in [7, 11) is 0. The smallest absolute Gasteiger partial charge is 0.138 e. The van der Waals surface area contributed by atoms with Crippen molar-refractivity contribution in [3.8, 4) is 0 Å². The molecule has 1 heterocycles. The molecule has 0 aliphatic carbocycles. The summed E-state index contributed by atoms with van der Waals surface area (Å²) < 4.78 is 5.16. The maximum atomic E-state index is 9.54. The maximum absolute atomic E-state index is 9.54. The minimum Gasteiger partial charge on any atom is -0.392 e. The predicted molar refractivity (Wildman–Crippen MR) is 63.3 cm³/mol. The standard InChI is InChI=1S/C12H22N2O2/c1-5-10(15)7-13-11(6-2)12-8(3)14-16-9(12)4/h10-11,13,15H,5-7H2,1-4H3/t10-,11+/m1/s1. The summed E-state index contributed by atoms with van der Waals surface area (Å²) in [6.45, 7) is 8.58. The van der Waals surface area contributed by atoms with Crippen molar-refractivity contribution in [3.63, 3.8) is 0 Å². The lowest BCUT2D eigenvalue weighted by Gasteiger charge is -2.18. The molecule has 0 amide bonds. The van der Waals surface area contributed by atoms with Gasteiger partial charge in [-0.3, -0.25) is 0 Å². The van der Waals surface area contributed by atoms with Crippen molar-refractivity contribution in [2.24, 2.45) is 0 Å². The van der Waals surface area contributed by atoms with E-state index < -0.39 is 0 Å². The molecule has 4 heteroatoms. The second-order valence-electron chi connectivity index (χ2n) is 4.17. The fourth-order valence-electron chi connectivity index (χ4n) is 1.86. The maximum Gasteiger partial charge on any atom is 0.138 e. The zero-order valence-corrected chi connectivity index (χ0v) is 10.6. The average molecular weight is 226 g/mol. The highest BCUT2D eigenvalue weighted by Crippen LogP contribution is 2.23. The Hall–Kier alpha value is -0.870. The lowest BCUT2D eigenvalue weighted by Crippen LogP contribution is -2.30. The van der Waals surface area contributed by atoms with E-state index in [1.807, 2.05) is 20.8 Å². The molecule has 0 aliphatic heterocycles. The summed E-state index contributed by atoms with van der Waals surface area (Å²) in [5.41, 5.74) is 2.06. The van der Waals surface area contributed by atoms with E-state index >= 15 is 0 Å². The van der Waals surface area contributed by atoms with Crippen LogP contribution in [0.15, 0.2) is 4.52 Å². The van der Waals surface area contributed by atoms with Crippen molar-refractivity contribution >= 4 is 0 Å². The summed E-state index contributed by atoms with van der Waals surface area (Å²) in [5, 5.41) is 16.8. The summed E-state index contributed by atoms with van der Waals surface area (Å²) in [6.07, 6.45) is 1.44. The second kappa shape index (κ2) is 6.01. The molecule has 2 N–H and O–H groups in total. The van der Waals surface area contributed by atoms with Crippen LogP contribution in [-0.2, 0) is 0 Å². The summed E-state index contributed by atoms with van der Waals surface area (Å²) in [5.74, 6) is 0.864. The first-order valence-corrected chi connectivity index (χ1v) is 5.94. The Labute approximate surface area is 97.0 Å². The van der Waals surface area contributed by atoms with E-state index in [4.69, 9.17) is 4.52 Å². The van der Waals surface area contributed by atoms with E-state index in [9.17, 15) is 5.11 Å². The van der Waals surface area contributed by atoms with Crippen molar-refractivity contribution in [3.05, 3.63) is 17.0 Å². The van der Waals surface area contributed by atoms with Crippen LogP contribution < -0.4 is 5.32 Å². The van der Waals surface area contributed by atoms with Gasteiger partial charge in [-0.25, -0.2) is 0 Å². The Bertz CT molecular complexity index is 303. The molecule has 0 saturated carbocycles. The molecule has 4 nitrogen and oxygen atoms in total. The molecule has 0 aliphatic rings. The van der Waals surface area contributed by atoms with Crippen LogP contribution in [0.3, 0.4) is 0 Å². The van der Waals surface area contributed by atoms with Crippen LogP contribution in [0.4, 0.5) is 0 Å². The Kier molecular flexibility index (Phi) is 4.96. The lowest BCUT2D eigenvalue weighted by atomic mass is 10.0. The molecule has 16 heavy (non-hydrogen) atoms. The van der Waals surface area contributed by atoms with E-state index in [1.54, 1.807) is 0 Å². The Balaban J connectivity index is 2.67. The number of nitrogens with one attached hydrogen (secondary N) is 1. The molecule has 0 fully saturated rings. The highest BCUT2D eigenvalue weighted by molar-refractivity contribution is 5.24. The fourth-order valence-corrected chi connectivity index (χ4v) is 1.86. The summed E-state index contributed by atoms with van der Waals surface area (Å²) in [4.78, 5) is 0. The molecule has 0 radical (unpaired) electrons. The van der Waals surface area contributed by atoms with Crippen molar-refractivity contribution in [1.82, 2.24) is 10.5 Å². The number of aliphatic hydroxyl groups excluding tert-OH is 1. The minimum absolute atomic E-state index is 0.215. The molecule has 0 unspecified atom stereocenters. The van der Waals surface area contributed by atoms with E-state index in [0.29, 0.717) is 6.54 Å². The first-order valence-electron chi connectivity index (χ1n) is 5.94. The predicted octanol–water partition coefficient (Wildman–Crippen LogP) is 2.10. The topological polar surface area (TPSA) is 58.3 Å². The van der Waals surface area contributed by atoms with Crippen LogP contribution in [0.1, 0.15) is 49.7 Å². The van der Waals surface area contributed by atoms with Crippen molar-refractivity contribution in [1.29, 1.82) is 0 Å². The van der Waals surface area contributed by atoms with Gasteiger partial charge in [-0.2, -0.15) is 0 Å². The van der Waals surface area contributed by atoms with E-state index in [2.05, 4.69) is 17.4 Å². The van der Waals surface area contributed by atoms with Gasteiger partial charge in [0, 0.05) is 18.2 Å². The normalized spacial score (nSPS) is 15.1. The summed E-state index contributed by atoms with van der Waals surface area (Å²) in [6, 6.07) is 0.215. The molecule has 0 aromatic carbocycles. The van der Waals surface area contributed by atoms with Gasteiger partial charge in [0.25, 0.3) is 0 Å². The third-order valence-electron chi connectivity index (χ3n) is 2.92. The number of aromatic nitrogens is 1. The molecule has 2 atom stereocenters. The monoisotopic (exact) mass is 226 g/mol. The van der Waals surface area contributed by atoms with Gasteiger partial charge in [-0.05, 0) is 26.7 Å². The first-order chi connectivity index (χ1) is 7.60. The third-order valence-corrected chi connectivity index (χ3v) is 2.92. The van der Waals surface area contributed by atoms with Gasteiger partial charge < -0.3 is 14.9 Å². The molecule has 0 saturated heterocycles. The van der Waals surface area contributed by atoms with Crippen LogP contribution in [-0.4, -0.2) is 22.9 Å². The van der Waals surface area contributed by atoms with Gasteiger partial charge in [0.2, 0.25) is 0 Å². The molecule has 92 valence electrons. The Morgan fingerprint density at radius 3 is 2.44 bits per heavy atom. The van der Waals surface area contributed by atoms with Gasteiger partial charge in [-0.15, -0.1) is 0 Å². The number of nitrogens with zero attached hydrogens (tertiary/aromatic N) is 1. The van der Waals surface area contributed by atoms with Gasteiger partial charge in [-0.1, -0.05) is 19.0 Å². The molecule has 0 spiro atoms. The van der Waals surface area contributed by atoms with Gasteiger partial charge >= 0.3 is 0 Å². The number of hydrogen-bond acceptors (Lipinski definition) is 4. The number of aliphatic hydroxyl groups is 1. The van der Waals surface area contributed by atoms with Crippen LogP contribution in [0.2, 0.25) is 0 Å². The lowest BCUT2D eigenvalue weighted by molar-refractivity contribution is 0.162.